The first kappa shape index (κ1) is 24.3. The van der Waals surface area contributed by atoms with Crippen LogP contribution in [-0.2, 0) is 4.74 Å². The summed E-state index contributed by atoms with van der Waals surface area (Å²) in [7, 11) is 1.13. The molecule has 2 aromatic carbocycles. The highest BCUT2D eigenvalue weighted by molar-refractivity contribution is 6.32. The molecule has 1 fully saturated rings. The third kappa shape index (κ3) is 5.50. The van der Waals surface area contributed by atoms with Crippen molar-refractivity contribution >= 4 is 34.9 Å². The second-order valence-electron chi connectivity index (χ2n) is 7.14. The number of hydrogen-bond acceptors (Lipinski definition) is 5. The molecular formula is C21H19Cl2F4NO4. The first-order chi connectivity index (χ1) is 15.0. The van der Waals surface area contributed by atoms with E-state index in [9.17, 15) is 22.4 Å². The normalized spacial score (nSPS) is 17.2. The van der Waals surface area contributed by atoms with Crippen LogP contribution < -0.4 is 14.4 Å². The zero-order chi connectivity index (χ0) is 23.6. The van der Waals surface area contributed by atoms with Crippen molar-refractivity contribution in [2.24, 2.45) is 0 Å². The number of nitrogens with zero attached hydrogens (tertiary/aromatic N) is 1. The number of carbonyl (C=O) groups excluding carboxylic acids is 1. The van der Waals surface area contributed by atoms with Crippen molar-refractivity contribution in [2.75, 3.05) is 18.6 Å². The maximum absolute atomic E-state index is 14.3. The van der Waals surface area contributed by atoms with E-state index in [-0.39, 0.29) is 27.4 Å². The number of alkyl halides is 3. The van der Waals surface area contributed by atoms with E-state index in [0.717, 1.165) is 38.2 Å². The SMILES string of the molecule is COC(=O)c1cc(Cl)c(O[C@H](C)[C@H]2CCCN2c2ccc(OC(F)(F)F)c(Cl)c2)cc1F. The van der Waals surface area contributed by atoms with Gasteiger partial charge in [-0.15, -0.1) is 13.2 Å². The van der Waals surface area contributed by atoms with Crippen molar-refractivity contribution in [1.29, 1.82) is 0 Å². The molecule has 2 atom stereocenters. The summed E-state index contributed by atoms with van der Waals surface area (Å²) in [6.07, 6.45) is -3.79. The van der Waals surface area contributed by atoms with Gasteiger partial charge in [0, 0.05) is 18.3 Å². The number of benzene rings is 2. The van der Waals surface area contributed by atoms with Gasteiger partial charge in [0.2, 0.25) is 0 Å². The number of hydrogen-bond donors (Lipinski definition) is 0. The van der Waals surface area contributed by atoms with Gasteiger partial charge >= 0.3 is 12.3 Å². The first-order valence-electron chi connectivity index (χ1n) is 9.56. The molecule has 1 saturated heterocycles. The lowest BCUT2D eigenvalue weighted by Gasteiger charge is -2.32. The molecule has 0 saturated carbocycles. The molecule has 0 amide bonds. The summed E-state index contributed by atoms with van der Waals surface area (Å²) in [6, 6.07) is 6.01. The monoisotopic (exact) mass is 495 g/mol. The van der Waals surface area contributed by atoms with E-state index in [2.05, 4.69) is 9.47 Å². The van der Waals surface area contributed by atoms with Gasteiger partial charge in [-0.3, -0.25) is 0 Å². The summed E-state index contributed by atoms with van der Waals surface area (Å²) in [5.41, 5.74) is 0.289. The lowest BCUT2D eigenvalue weighted by atomic mass is 10.1. The molecule has 174 valence electrons. The molecule has 0 bridgehead atoms. The quantitative estimate of drug-likeness (QED) is 0.350. The molecule has 11 heteroatoms. The van der Waals surface area contributed by atoms with E-state index in [4.69, 9.17) is 27.9 Å². The van der Waals surface area contributed by atoms with Crippen molar-refractivity contribution in [2.45, 2.75) is 38.3 Å². The minimum Gasteiger partial charge on any atom is -0.487 e. The summed E-state index contributed by atoms with van der Waals surface area (Å²) in [6.45, 7) is 2.39. The van der Waals surface area contributed by atoms with Crippen molar-refractivity contribution < 1.29 is 36.6 Å². The largest absolute Gasteiger partial charge is 0.573 e. The maximum atomic E-state index is 14.3. The van der Waals surface area contributed by atoms with Crippen molar-refractivity contribution in [1.82, 2.24) is 0 Å². The molecule has 0 aliphatic carbocycles. The van der Waals surface area contributed by atoms with Gasteiger partial charge in [0.25, 0.3) is 0 Å². The van der Waals surface area contributed by atoms with Gasteiger partial charge < -0.3 is 19.1 Å². The number of anilines is 1. The Morgan fingerprint density at radius 2 is 1.84 bits per heavy atom. The lowest BCUT2D eigenvalue weighted by Crippen LogP contribution is -2.40. The number of rotatable bonds is 6. The van der Waals surface area contributed by atoms with Gasteiger partial charge in [0.15, 0.2) is 0 Å². The third-order valence-electron chi connectivity index (χ3n) is 5.05. The van der Waals surface area contributed by atoms with Crippen molar-refractivity contribution in [3.8, 4) is 11.5 Å². The van der Waals surface area contributed by atoms with E-state index in [0.29, 0.717) is 12.2 Å². The number of halogens is 6. The Labute approximate surface area is 191 Å². The summed E-state index contributed by atoms with van der Waals surface area (Å²) >= 11 is 12.1. The predicted octanol–water partition coefficient (Wildman–Crippen LogP) is 6.25. The summed E-state index contributed by atoms with van der Waals surface area (Å²) < 4.78 is 66.0. The Morgan fingerprint density at radius 1 is 1.16 bits per heavy atom. The fraction of sp³-hybridized carbons (Fsp3) is 0.381. The highest BCUT2D eigenvalue weighted by Crippen LogP contribution is 2.37. The van der Waals surface area contributed by atoms with E-state index in [1.807, 2.05) is 4.90 Å². The molecule has 2 aromatic rings. The Bertz CT molecular complexity index is 1000. The van der Waals surface area contributed by atoms with Crippen LogP contribution in [0, 0.1) is 5.82 Å². The van der Waals surface area contributed by atoms with Gasteiger partial charge in [-0.25, -0.2) is 9.18 Å². The van der Waals surface area contributed by atoms with Crippen LogP contribution in [0.3, 0.4) is 0 Å². The molecule has 0 unspecified atom stereocenters. The van der Waals surface area contributed by atoms with Crippen LogP contribution in [0.4, 0.5) is 23.2 Å². The standard InChI is InChI=1S/C21H19Cl2F4NO4/c1-11(31-19-10-16(24)13(9-15(19)23)20(29)30-2)17-4-3-7-28(17)12-5-6-18(14(22)8-12)32-21(25,26)27/h5-6,8-11,17H,3-4,7H2,1-2H3/t11-,17-/m1/s1. The summed E-state index contributed by atoms with van der Waals surface area (Å²) in [4.78, 5) is 13.6. The smallest absolute Gasteiger partial charge is 0.487 e. The first-order valence-corrected chi connectivity index (χ1v) is 10.3. The van der Waals surface area contributed by atoms with Crippen LogP contribution >= 0.6 is 23.2 Å². The zero-order valence-corrected chi connectivity index (χ0v) is 18.5. The van der Waals surface area contributed by atoms with Crippen LogP contribution in [0.5, 0.6) is 11.5 Å². The molecular weight excluding hydrogens is 477 g/mol. The van der Waals surface area contributed by atoms with E-state index in [1.165, 1.54) is 12.1 Å². The third-order valence-corrected chi connectivity index (χ3v) is 5.64. The molecule has 0 spiro atoms. The van der Waals surface area contributed by atoms with Gasteiger partial charge in [0.05, 0.1) is 28.8 Å². The molecule has 0 aromatic heterocycles. The fourth-order valence-electron chi connectivity index (χ4n) is 3.64. The second kappa shape index (κ2) is 9.62. The molecule has 1 aliphatic rings. The Hall–Kier alpha value is -2.39. The molecule has 3 rings (SSSR count). The predicted molar refractivity (Wildman–Crippen MR) is 111 cm³/mol. The maximum Gasteiger partial charge on any atom is 0.573 e. The molecule has 1 heterocycles. The van der Waals surface area contributed by atoms with Gasteiger partial charge in [0.1, 0.15) is 23.4 Å². The Morgan fingerprint density at radius 3 is 2.47 bits per heavy atom. The lowest BCUT2D eigenvalue weighted by molar-refractivity contribution is -0.274. The zero-order valence-electron chi connectivity index (χ0n) is 17.0. The minimum atomic E-state index is -4.85. The summed E-state index contributed by atoms with van der Waals surface area (Å²) in [5.74, 6) is -2.13. The topological polar surface area (TPSA) is 48.0 Å². The number of carbonyl (C=O) groups is 1. The fourth-order valence-corrected chi connectivity index (χ4v) is 4.06. The van der Waals surface area contributed by atoms with E-state index >= 15 is 0 Å². The van der Waals surface area contributed by atoms with Crippen LogP contribution in [0.15, 0.2) is 30.3 Å². The summed E-state index contributed by atoms with van der Waals surface area (Å²) in [5, 5.41) is -0.137. The van der Waals surface area contributed by atoms with E-state index < -0.39 is 30.0 Å². The average molecular weight is 496 g/mol. The number of ether oxygens (including phenoxy) is 3. The van der Waals surface area contributed by atoms with E-state index in [1.54, 1.807) is 6.92 Å². The molecule has 32 heavy (non-hydrogen) atoms. The minimum absolute atomic E-state index is 0.0416. The number of methoxy groups -OCH3 is 1. The highest BCUT2D eigenvalue weighted by Gasteiger charge is 2.34. The molecule has 1 aliphatic heterocycles. The average Bonchev–Trinajstić information content (AvgIpc) is 3.20. The van der Waals surface area contributed by atoms with Gasteiger partial charge in [-0.1, -0.05) is 23.2 Å². The Balaban J connectivity index is 1.78. The molecule has 0 radical (unpaired) electrons. The van der Waals surface area contributed by atoms with Gasteiger partial charge in [-0.05, 0) is 44.0 Å². The molecule has 5 nitrogen and oxygen atoms in total. The molecule has 0 N–H and O–H groups in total. The highest BCUT2D eigenvalue weighted by atomic mass is 35.5. The van der Waals surface area contributed by atoms with Crippen LogP contribution in [-0.4, -0.2) is 38.1 Å². The van der Waals surface area contributed by atoms with Crippen molar-refractivity contribution in [3.63, 3.8) is 0 Å². The van der Waals surface area contributed by atoms with Crippen LogP contribution in [0.1, 0.15) is 30.1 Å². The van der Waals surface area contributed by atoms with Crippen LogP contribution in [0.25, 0.3) is 0 Å². The number of esters is 1. The second-order valence-corrected chi connectivity index (χ2v) is 7.96. The van der Waals surface area contributed by atoms with Gasteiger partial charge in [-0.2, -0.15) is 0 Å². The van der Waals surface area contributed by atoms with Crippen molar-refractivity contribution in [3.05, 3.63) is 51.8 Å². The van der Waals surface area contributed by atoms with Crippen LogP contribution in [0.2, 0.25) is 10.0 Å². The Kier molecular flexibility index (Phi) is 7.29.